The van der Waals surface area contributed by atoms with Crippen LogP contribution in [0.4, 0.5) is 0 Å². The molecule has 0 aliphatic heterocycles. The van der Waals surface area contributed by atoms with Crippen LogP contribution in [0.3, 0.4) is 0 Å². The summed E-state index contributed by atoms with van der Waals surface area (Å²) in [5.74, 6) is -0.472. The van der Waals surface area contributed by atoms with Gasteiger partial charge in [0.15, 0.2) is 5.78 Å². The maximum Gasteiger partial charge on any atom is 0.246 e. The van der Waals surface area contributed by atoms with Crippen molar-refractivity contribution in [2.24, 2.45) is 16.0 Å². The van der Waals surface area contributed by atoms with Gasteiger partial charge in [0.25, 0.3) is 0 Å². The number of Topliss-reactive ketones (excluding diaryl/α,β-unsaturated/α-hetero) is 1. The SMILES string of the molecule is [N-]=[N+]=NCCOCCCC(=O)[C@H](CCCCN)NC(=O)COCCN=[N+]=[N-]. The molecule has 27 heavy (non-hydrogen) atoms. The summed E-state index contributed by atoms with van der Waals surface area (Å²) in [4.78, 5) is 29.5. The van der Waals surface area contributed by atoms with Gasteiger partial charge in [-0.25, -0.2) is 0 Å². The zero-order valence-corrected chi connectivity index (χ0v) is 15.5. The Kier molecular flexibility index (Phi) is 16.8. The Balaban J connectivity index is 4.22. The number of hydrogen-bond donors (Lipinski definition) is 2. The molecule has 0 spiro atoms. The molecule has 152 valence electrons. The van der Waals surface area contributed by atoms with Gasteiger partial charge in [0.1, 0.15) is 6.61 Å². The first-order valence-corrected chi connectivity index (χ1v) is 8.85. The normalized spacial score (nSPS) is 11.1. The molecular formula is C15H28N8O4. The van der Waals surface area contributed by atoms with E-state index in [1.807, 2.05) is 0 Å². The Bertz CT molecular complexity index is 518. The van der Waals surface area contributed by atoms with Crippen LogP contribution in [0.1, 0.15) is 32.1 Å². The first-order chi connectivity index (χ1) is 13.2. The van der Waals surface area contributed by atoms with Gasteiger partial charge in [-0.1, -0.05) is 10.2 Å². The lowest BCUT2D eigenvalue weighted by molar-refractivity contribution is -0.130. The lowest BCUT2D eigenvalue weighted by atomic mass is 10.0. The van der Waals surface area contributed by atoms with E-state index in [1.165, 1.54) is 0 Å². The number of nitrogens with zero attached hydrogens (tertiary/aromatic N) is 6. The van der Waals surface area contributed by atoms with Crippen LogP contribution in [0.25, 0.3) is 20.9 Å². The van der Waals surface area contributed by atoms with E-state index >= 15 is 0 Å². The van der Waals surface area contributed by atoms with Crippen molar-refractivity contribution in [2.75, 3.05) is 46.1 Å². The predicted octanol–water partition coefficient (Wildman–Crippen LogP) is 1.60. The highest BCUT2D eigenvalue weighted by Gasteiger charge is 2.19. The van der Waals surface area contributed by atoms with Gasteiger partial charge in [0.05, 0.1) is 19.3 Å². The van der Waals surface area contributed by atoms with Gasteiger partial charge in [-0.15, -0.1) is 0 Å². The van der Waals surface area contributed by atoms with E-state index in [-0.39, 0.29) is 38.5 Å². The van der Waals surface area contributed by atoms with Crippen LogP contribution in [-0.4, -0.2) is 63.8 Å². The van der Waals surface area contributed by atoms with Crippen molar-refractivity contribution < 1.29 is 19.1 Å². The van der Waals surface area contributed by atoms with E-state index < -0.39 is 11.9 Å². The molecule has 0 fully saturated rings. The Morgan fingerprint density at radius 3 is 2.30 bits per heavy atom. The highest BCUT2D eigenvalue weighted by Crippen LogP contribution is 2.06. The molecule has 0 aromatic carbocycles. The van der Waals surface area contributed by atoms with E-state index in [1.54, 1.807) is 0 Å². The molecule has 0 bridgehead atoms. The quantitative estimate of drug-likeness (QED) is 0.157. The lowest BCUT2D eigenvalue weighted by Crippen LogP contribution is -2.42. The summed E-state index contributed by atoms with van der Waals surface area (Å²) in [6.07, 6.45) is 2.80. The van der Waals surface area contributed by atoms with Crippen LogP contribution < -0.4 is 11.1 Å². The number of unbranched alkanes of at least 4 members (excludes halogenated alkanes) is 1. The van der Waals surface area contributed by atoms with E-state index in [9.17, 15) is 9.59 Å². The summed E-state index contributed by atoms with van der Waals surface area (Å²) in [6.45, 7) is 1.53. The van der Waals surface area contributed by atoms with Gasteiger partial charge in [0, 0.05) is 35.9 Å². The number of ketones is 1. The average molecular weight is 384 g/mol. The molecule has 12 heteroatoms. The second kappa shape index (κ2) is 18.4. The van der Waals surface area contributed by atoms with Crippen molar-refractivity contribution in [3.8, 4) is 0 Å². The van der Waals surface area contributed by atoms with Crippen LogP contribution in [-0.2, 0) is 19.1 Å². The highest BCUT2D eigenvalue weighted by atomic mass is 16.5. The van der Waals surface area contributed by atoms with E-state index in [0.29, 0.717) is 32.6 Å². The maximum absolute atomic E-state index is 12.4. The first-order valence-electron chi connectivity index (χ1n) is 8.85. The summed E-state index contributed by atoms with van der Waals surface area (Å²) < 4.78 is 10.3. The third-order valence-electron chi connectivity index (χ3n) is 3.41. The minimum absolute atomic E-state index is 0.0758. The second-order valence-corrected chi connectivity index (χ2v) is 5.55. The topological polar surface area (TPSA) is 188 Å². The first kappa shape index (κ1) is 24.6. The minimum atomic E-state index is -0.590. The van der Waals surface area contributed by atoms with Gasteiger partial charge in [-0.05, 0) is 43.3 Å². The average Bonchev–Trinajstić information content (AvgIpc) is 2.66. The number of ether oxygens (including phenoxy) is 2. The van der Waals surface area contributed by atoms with Crippen molar-refractivity contribution in [3.63, 3.8) is 0 Å². The predicted molar refractivity (Wildman–Crippen MR) is 98.7 cm³/mol. The molecular weight excluding hydrogens is 356 g/mol. The number of nitrogens with two attached hydrogens (primary N) is 1. The maximum atomic E-state index is 12.4. The molecule has 1 atom stereocenters. The van der Waals surface area contributed by atoms with Gasteiger partial charge < -0.3 is 20.5 Å². The van der Waals surface area contributed by atoms with Crippen LogP contribution in [0.5, 0.6) is 0 Å². The van der Waals surface area contributed by atoms with Crippen molar-refractivity contribution in [2.45, 2.75) is 38.1 Å². The molecule has 0 aromatic heterocycles. The number of carbonyl (C=O) groups is 2. The number of nitrogens with one attached hydrogen (secondary N) is 1. The summed E-state index contributed by atoms with van der Waals surface area (Å²) in [6, 6.07) is -0.590. The van der Waals surface area contributed by atoms with Crippen LogP contribution >= 0.6 is 0 Å². The van der Waals surface area contributed by atoms with Crippen molar-refractivity contribution >= 4 is 11.7 Å². The largest absolute Gasteiger partial charge is 0.381 e. The van der Waals surface area contributed by atoms with Gasteiger partial charge in [0.2, 0.25) is 5.91 Å². The fourth-order valence-electron chi connectivity index (χ4n) is 2.13. The smallest absolute Gasteiger partial charge is 0.246 e. The molecule has 1 amide bonds. The zero-order valence-electron chi connectivity index (χ0n) is 15.5. The molecule has 0 aliphatic carbocycles. The van der Waals surface area contributed by atoms with E-state index in [4.69, 9.17) is 26.3 Å². The third kappa shape index (κ3) is 15.6. The third-order valence-corrected chi connectivity index (χ3v) is 3.41. The Labute approximate surface area is 158 Å². The molecule has 0 heterocycles. The Hall–Kier alpha value is -2.36. The van der Waals surface area contributed by atoms with E-state index in [2.05, 4.69) is 25.4 Å². The van der Waals surface area contributed by atoms with Gasteiger partial charge in [-0.3, -0.25) is 9.59 Å². The molecule has 0 unspecified atom stereocenters. The molecule has 3 N–H and O–H groups in total. The molecule has 0 radical (unpaired) electrons. The molecule has 0 rings (SSSR count). The Morgan fingerprint density at radius 1 is 1.00 bits per heavy atom. The van der Waals surface area contributed by atoms with Gasteiger partial charge >= 0.3 is 0 Å². The summed E-state index contributed by atoms with van der Waals surface area (Å²) in [5.41, 5.74) is 21.8. The fourth-order valence-corrected chi connectivity index (χ4v) is 2.13. The molecule has 0 aromatic rings. The van der Waals surface area contributed by atoms with Crippen LogP contribution in [0, 0.1) is 0 Å². The lowest BCUT2D eigenvalue weighted by Gasteiger charge is -2.18. The van der Waals surface area contributed by atoms with Crippen LogP contribution in [0.15, 0.2) is 10.2 Å². The van der Waals surface area contributed by atoms with Crippen molar-refractivity contribution in [3.05, 3.63) is 20.9 Å². The number of amides is 1. The minimum Gasteiger partial charge on any atom is -0.381 e. The van der Waals surface area contributed by atoms with Crippen LogP contribution in [0.2, 0.25) is 0 Å². The number of hydrogen-bond acceptors (Lipinski definition) is 7. The van der Waals surface area contributed by atoms with E-state index in [0.717, 1.165) is 12.8 Å². The highest BCUT2D eigenvalue weighted by molar-refractivity contribution is 5.89. The summed E-state index contributed by atoms with van der Waals surface area (Å²) in [7, 11) is 0. The monoisotopic (exact) mass is 384 g/mol. The molecule has 0 saturated carbocycles. The molecule has 0 aliphatic rings. The standard InChI is InChI=1S/C15H28N8O4/c16-6-2-1-4-13(21-15(25)12-27-11-8-20-23-18)14(24)5-3-9-26-10-7-19-22-17/h13H,1-12,16H2,(H,21,25)/t13-/m0/s1. The molecule has 12 nitrogen and oxygen atoms in total. The fraction of sp³-hybridized carbons (Fsp3) is 0.867. The van der Waals surface area contributed by atoms with Crippen molar-refractivity contribution in [1.82, 2.24) is 5.32 Å². The van der Waals surface area contributed by atoms with Crippen molar-refractivity contribution in [1.29, 1.82) is 0 Å². The summed E-state index contributed by atoms with van der Waals surface area (Å²) in [5, 5.41) is 9.32. The Morgan fingerprint density at radius 2 is 1.67 bits per heavy atom. The zero-order chi connectivity index (χ0) is 20.2. The number of rotatable bonds is 18. The van der Waals surface area contributed by atoms with Gasteiger partial charge in [-0.2, -0.15) is 0 Å². The number of azide groups is 2. The molecule has 0 saturated heterocycles. The number of carbonyl (C=O) groups excluding carboxylic acids is 2. The second-order valence-electron chi connectivity index (χ2n) is 5.55. The summed E-state index contributed by atoms with van der Waals surface area (Å²) >= 11 is 0.